The Morgan fingerprint density at radius 3 is 1.63 bits per heavy atom. The summed E-state index contributed by atoms with van der Waals surface area (Å²) in [6.45, 7) is 2.26. The molecule has 1 rings (SSSR count). The van der Waals surface area contributed by atoms with Crippen molar-refractivity contribution in [3.63, 3.8) is 0 Å². The molecule has 0 aliphatic rings. The molecule has 0 aromatic heterocycles. The molecule has 0 unspecified atom stereocenters. The Labute approximate surface area is 205 Å². The Kier molecular flexibility index (Phi) is 18.4. The van der Waals surface area contributed by atoms with Crippen molar-refractivity contribution in [3.05, 3.63) is 29.3 Å². The standard InChI is InChI=1S/C25H40O4.Na/c1-2-3-4-5-6-7-8-9-10-11-12-13-14-15-16-17-23(26)21-18-19-24(27)22(20-21)25(28)29;/h18-20,27H,2-17H2,1H3,(H,28,29);/q;+1/p-1. The summed E-state index contributed by atoms with van der Waals surface area (Å²) in [5.74, 6) is -1.92. The van der Waals surface area contributed by atoms with Gasteiger partial charge in [0.1, 0.15) is 5.75 Å². The van der Waals surface area contributed by atoms with Crippen LogP contribution < -0.4 is 34.7 Å². The number of unbranched alkanes of at least 4 members (excludes halogenated alkanes) is 14. The van der Waals surface area contributed by atoms with Crippen molar-refractivity contribution in [2.75, 3.05) is 0 Å². The van der Waals surface area contributed by atoms with Gasteiger partial charge in [0.2, 0.25) is 0 Å². The van der Waals surface area contributed by atoms with Crippen molar-refractivity contribution in [3.8, 4) is 5.75 Å². The van der Waals surface area contributed by atoms with Crippen LogP contribution in [0.15, 0.2) is 18.2 Å². The van der Waals surface area contributed by atoms with Gasteiger partial charge in [-0.25, -0.2) is 0 Å². The Hall–Kier alpha value is -0.840. The molecule has 0 atom stereocenters. The average Bonchev–Trinajstić information content (AvgIpc) is 2.70. The van der Waals surface area contributed by atoms with Crippen LogP contribution in [0.2, 0.25) is 0 Å². The van der Waals surface area contributed by atoms with Crippen LogP contribution in [0.3, 0.4) is 0 Å². The van der Waals surface area contributed by atoms with Gasteiger partial charge in [0.25, 0.3) is 0 Å². The zero-order valence-electron chi connectivity index (χ0n) is 19.2. The molecule has 0 radical (unpaired) electrons. The van der Waals surface area contributed by atoms with Crippen molar-refractivity contribution in [1.82, 2.24) is 0 Å². The van der Waals surface area contributed by atoms with Crippen molar-refractivity contribution in [1.29, 1.82) is 0 Å². The first-order chi connectivity index (χ1) is 14.1. The van der Waals surface area contributed by atoms with Gasteiger partial charge in [-0.2, -0.15) is 0 Å². The Morgan fingerprint density at radius 2 is 1.20 bits per heavy atom. The summed E-state index contributed by atoms with van der Waals surface area (Å²) in [5.41, 5.74) is -0.000272. The third-order valence-electron chi connectivity index (χ3n) is 5.55. The molecule has 4 nitrogen and oxygen atoms in total. The second-order valence-corrected chi connectivity index (χ2v) is 8.14. The van der Waals surface area contributed by atoms with Gasteiger partial charge < -0.3 is 15.0 Å². The number of benzene rings is 1. The fourth-order valence-corrected chi connectivity index (χ4v) is 3.67. The first-order valence-electron chi connectivity index (χ1n) is 11.6. The minimum absolute atomic E-state index is 0. The predicted molar refractivity (Wildman–Crippen MR) is 116 cm³/mol. The third kappa shape index (κ3) is 13.5. The number of aromatic carboxylic acids is 1. The van der Waals surface area contributed by atoms with Crippen molar-refractivity contribution < 1.29 is 49.4 Å². The number of carbonyl (C=O) groups is 2. The van der Waals surface area contributed by atoms with Gasteiger partial charge in [0.05, 0.1) is 5.97 Å². The molecule has 0 bridgehead atoms. The number of carbonyl (C=O) groups excluding carboxylic acids is 2. The second-order valence-electron chi connectivity index (χ2n) is 8.14. The smallest absolute Gasteiger partial charge is 0.545 e. The van der Waals surface area contributed by atoms with Gasteiger partial charge in [-0.3, -0.25) is 4.79 Å². The molecule has 0 fully saturated rings. The largest absolute Gasteiger partial charge is 1.00 e. The van der Waals surface area contributed by atoms with Crippen LogP contribution in [0.4, 0.5) is 0 Å². The van der Waals surface area contributed by atoms with Crippen LogP contribution in [0.5, 0.6) is 5.75 Å². The van der Waals surface area contributed by atoms with Gasteiger partial charge in [-0.05, 0) is 24.6 Å². The molecule has 1 N–H and O–H groups in total. The summed E-state index contributed by atoms with van der Waals surface area (Å²) in [7, 11) is 0. The summed E-state index contributed by atoms with van der Waals surface area (Å²) in [4.78, 5) is 23.1. The maximum Gasteiger partial charge on any atom is 1.00 e. The number of hydrogen-bond acceptors (Lipinski definition) is 4. The molecular formula is C25H39NaO4. The van der Waals surface area contributed by atoms with Gasteiger partial charge >= 0.3 is 29.6 Å². The minimum atomic E-state index is -1.47. The van der Waals surface area contributed by atoms with Crippen molar-refractivity contribution >= 4 is 11.8 Å². The zero-order valence-corrected chi connectivity index (χ0v) is 21.2. The SMILES string of the molecule is CCCCCCCCCCCCCCCCCC(=O)c1ccc(O)c(C(=O)[O-])c1.[Na+]. The van der Waals surface area contributed by atoms with Crippen molar-refractivity contribution in [2.24, 2.45) is 0 Å². The maximum absolute atomic E-state index is 12.2. The van der Waals surface area contributed by atoms with Crippen LogP contribution in [0, 0.1) is 0 Å². The predicted octanol–water partition coefficient (Wildman–Crippen LogP) is 3.20. The number of phenols is 1. The van der Waals surface area contributed by atoms with E-state index in [0.29, 0.717) is 12.0 Å². The molecule has 5 heteroatoms. The van der Waals surface area contributed by atoms with Gasteiger partial charge in [0.15, 0.2) is 5.78 Å². The van der Waals surface area contributed by atoms with E-state index in [2.05, 4.69) is 6.92 Å². The number of aromatic hydroxyl groups is 1. The van der Waals surface area contributed by atoms with Gasteiger partial charge in [-0.1, -0.05) is 96.8 Å². The number of ketones is 1. The Balaban J connectivity index is 0.00000841. The number of Topliss-reactive ketones (excluding diaryl/α,β-unsaturated/α-hetero) is 1. The van der Waals surface area contributed by atoms with E-state index in [-0.39, 0.29) is 46.7 Å². The first-order valence-corrected chi connectivity index (χ1v) is 11.6. The number of carboxylic acids is 1. The van der Waals surface area contributed by atoms with E-state index < -0.39 is 5.97 Å². The van der Waals surface area contributed by atoms with E-state index in [4.69, 9.17) is 0 Å². The molecule has 0 heterocycles. The summed E-state index contributed by atoms with van der Waals surface area (Å²) in [6.07, 6.45) is 19.6. The Morgan fingerprint density at radius 1 is 0.767 bits per heavy atom. The summed E-state index contributed by atoms with van der Waals surface area (Å²) in [6, 6.07) is 3.92. The number of hydrogen-bond donors (Lipinski definition) is 1. The quantitative estimate of drug-likeness (QED) is 0.222. The van der Waals surface area contributed by atoms with Crippen LogP contribution in [0.25, 0.3) is 0 Å². The van der Waals surface area contributed by atoms with Gasteiger partial charge in [-0.15, -0.1) is 0 Å². The molecule has 0 saturated carbocycles. The maximum atomic E-state index is 12.2. The minimum Gasteiger partial charge on any atom is -0.545 e. The summed E-state index contributed by atoms with van der Waals surface area (Å²) >= 11 is 0. The molecule has 0 aliphatic carbocycles. The van der Waals surface area contributed by atoms with Crippen molar-refractivity contribution in [2.45, 2.75) is 110 Å². The normalized spacial score (nSPS) is 10.6. The van der Waals surface area contributed by atoms with Gasteiger partial charge in [0, 0.05) is 17.5 Å². The van der Waals surface area contributed by atoms with E-state index in [1.54, 1.807) is 0 Å². The molecule has 0 saturated heterocycles. The molecule has 1 aromatic carbocycles. The van der Waals surface area contributed by atoms with E-state index in [1.807, 2.05) is 0 Å². The molecular weight excluding hydrogens is 387 g/mol. The van der Waals surface area contributed by atoms with Crippen LogP contribution in [0.1, 0.15) is 130 Å². The zero-order chi connectivity index (χ0) is 21.3. The van der Waals surface area contributed by atoms with E-state index >= 15 is 0 Å². The van der Waals surface area contributed by atoms with E-state index in [0.717, 1.165) is 19.3 Å². The van der Waals surface area contributed by atoms with Crippen LogP contribution in [-0.2, 0) is 0 Å². The molecule has 0 aliphatic heterocycles. The van der Waals surface area contributed by atoms with E-state index in [1.165, 1.54) is 95.2 Å². The van der Waals surface area contributed by atoms with Crippen LogP contribution in [-0.4, -0.2) is 16.9 Å². The molecule has 0 amide bonds. The average molecular weight is 427 g/mol. The fraction of sp³-hybridized carbons (Fsp3) is 0.680. The fourth-order valence-electron chi connectivity index (χ4n) is 3.67. The van der Waals surface area contributed by atoms with E-state index in [9.17, 15) is 19.8 Å². The summed E-state index contributed by atoms with van der Waals surface area (Å²) in [5, 5.41) is 20.4. The molecule has 0 spiro atoms. The topological polar surface area (TPSA) is 77.4 Å². The third-order valence-corrected chi connectivity index (χ3v) is 5.55. The molecule has 164 valence electrons. The molecule has 1 aromatic rings. The number of rotatable bonds is 18. The molecule has 30 heavy (non-hydrogen) atoms. The monoisotopic (exact) mass is 426 g/mol. The first kappa shape index (κ1) is 29.2. The number of carboxylic acid groups (broad SMARTS) is 1. The summed E-state index contributed by atoms with van der Waals surface area (Å²) < 4.78 is 0. The Bertz CT molecular complexity index is 601. The van der Waals surface area contributed by atoms with Crippen LogP contribution >= 0.6 is 0 Å². The second kappa shape index (κ2) is 18.9.